The second-order valence-corrected chi connectivity index (χ2v) is 4.08. The molecule has 0 radical (unpaired) electrons. The normalized spacial score (nSPS) is 11.9. The van der Waals surface area contributed by atoms with Crippen molar-refractivity contribution in [3.8, 4) is 0 Å². The van der Waals surface area contributed by atoms with Crippen molar-refractivity contribution < 1.29 is 23.8 Å². The van der Waals surface area contributed by atoms with Crippen molar-refractivity contribution in [2.24, 2.45) is 0 Å². The van der Waals surface area contributed by atoms with Crippen LogP contribution in [0.4, 0.5) is 4.79 Å². The van der Waals surface area contributed by atoms with Gasteiger partial charge in [0.1, 0.15) is 5.76 Å². The Morgan fingerprint density at radius 2 is 2.32 bits per heavy atom. The topological polar surface area (TPSA) is 92.0 Å². The average molecular weight is 270 g/mol. The van der Waals surface area contributed by atoms with Crippen LogP contribution in [0.1, 0.15) is 12.2 Å². The number of amides is 2. The van der Waals surface area contributed by atoms with E-state index in [0.29, 0.717) is 12.3 Å². The van der Waals surface area contributed by atoms with Gasteiger partial charge >= 0.3 is 12.0 Å². The van der Waals surface area contributed by atoms with Gasteiger partial charge in [0.15, 0.2) is 0 Å². The molecule has 106 valence electrons. The fourth-order valence-corrected chi connectivity index (χ4v) is 1.48. The summed E-state index contributed by atoms with van der Waals surface area (Å²) in [5.41, 5.74) is 0. The van der Waals surface area contributed by atoms with Crippen molar-refractivity contribution in [2.75, 3.05) is 20.7 Å². The van der Waals surface area contributed by atoms with Gasteiger partial charge in [-0.2, -0.15) is 0 Å². The van der Waals surface area contributed by atoms with Gasteiger partial charge in [0.25, 0.3) is 0 Å². The van der Waals surface area contributed by atoms with Gasteiger partial charge in [-0.3, -0.25) is 4.79 Å². The first-order valence-corrected chi connectivity index (χ1v) is 5.79. The summed E-state index contributed by atoms with van der Waals surface area (Å²) in [6, 6.07) is 3.20. The van der Waals surface area contributed by atoms with Crippen LogP contribution in [-0.4, -0.2) is 48.8 Å². The fraction of sp³-hybridized carbons (Fsp3) is 0.500. The number of rotatable bonds is 7. The quantitative estimate of drug-likeness (QED) is 0.768. The van der Waals surface area contributed by atoms with E-state index >= 15 is 0 Å². The highest BCUT2D eigenvalue weighted by molar-refractivity contribution is 5.74. The van der Waals surface area contributed by atoms with E-state index in [-0.39, 0.29) is 19.0 Å². The summed E-state index contributed by atoms with van der Waals surface area (Å²) >= 11 is 0. The molecule has 7 heteroatoms. The van der Waals surface area contributed by atoms with E-state index in [9.17, 15) is 9.59 Å². The number of nitrogens with one attached hydrogen (secondary N) is 1. The first-order chi connectivity index (χ1) is 9.02. The molecule has 1 aromatic heterocycles. The summed E-state index contributed by atoms with van der Waals surface area (Å²) in [5.74, 6) is -0.295. The molecule has 1 aromatic rings. The molecule has 19 heavy (non-hydrogen) atoms. The molecule has 0 aromatic carbocycles. The maximum absolute atomic E-state index is 11.7. The Kier molecular flexibility index (Phi) is 5.87. The molecule has 1 unspecified atom stereocenters. The Balaban J connectivity index is 2.35. The second kappa shape index (κ2) is 7.42. The van der Waals surface area contributed by atoms with Gasteiger partial charge in [-0.25, -0.2) is 4.79 Å². The SMILES string of the molecule is COC(CNC(=O)N(C)Cc1ccco1)CC(=O)O. The lowest BCUT2D eigenvalue weighted by molar-refractivity contribution is -0.139. The van der Waals surface area contributed by atoms with Crippen molar-refractivity contribution >= 4 is 12.0 Å². The molecule has 2 amide bonds. The molecular formula is C12H18N2O5. The first-order valence-electron chi connectivity index (χ1n) is 5.79. The molecule has 0 spiro atoms. The van der Waals surface area contributed by atoms with Crippen LogP contribution in [0.25, 0.3) is 0 Å². The maximum Gasteiger partial charge on any atom is 0.317 e. The number of carbonyl (C=O) groups is 2. The van der Waals surface area contributed by atoms with Crippen LogP contribution < -0.4 is 5.32 Å². The predicted molar refractivity (Wildman–Crippen MR) is 66.6 cm³/mol. The number of carbonyl (C=O) groups excluding carboxylic acids is 1. The third-order valence-electron chi connectivity index (χ3n) is 2.54. The van der Waals surface area contributed by atoms with Gasteiger partial charge < -0.3 is 24.5 Å². The lowest BCUT2D eigenvalue weighted by Crippen LogP contribution is -2.41. The zero-order chi connectivity index (χ0) is 14.3. The highest BCUT2D eigenvalue weighted by Gasteiger charge is 2.15. The maximum atomic E-state index is 11.7. The number of urea groups is 1. The number of carboxylic acids is 1. The van der Waals surface area contributed by atoms with Crippen LogP contribution in [0.2, 0.25) is 0 Å². The standard InChI is InChI=1S/C12H18N2O5/c1-14(8-9-4-3-5-19-9)12(17)13-7-10(18-2)6-11(15)16/h3-5,10H,6-8H2,1-2H3,(H,13,17)(H,15,16). The Labute approximate surface area is 111 Å². The highest BCUT2D eigenvalue weighted by Crippen LogP contribution is 2.04. The number of ether oxygens (including phenoxy) is 1. The van der Waals surface area contributed by atoms with Crippen molar-refractivity contribution in [1.82, 2.24) is 10.2 Å². The van der Waals surface area contributed by atoms with Crippen LogP contribution in [0.15, 0.2) is 22.8 Å². The van der Waals surface area contributed by atoms with Crippen molar-refractivity contribution in [3.05, 3.63) is 24.2 Å². The second-order valence-electron chi connectivity index (χ2n) is 4.08. The Morgan fingerprint density at radius 1 is 1.58 bits per heavy atom. The predicted octanol–water partition coefficient (Wildman–Crippen LogP) is 0.911. The van der Waals surface area contributed by atoms with Crippen molar-refractivity contribution in [1.29, 1.82) is 0 Å². The number of hydrogen-bond acceptors (Lipinski definition) is 4. The van der Waals surface area contributed by atoms with Gasteiger partial charge in [0.2, 0.25) is 0 Å². The van der Waals surface area contributed by atoms with E-state index < -0.39 is 12.1 Å². The zero-order valence-electron chi connectivity index (χ0n) is 11.0. The van der Waals surface area contributed by atoms with Gasteiger partial charge in [-0.1, -0.05) is 0 Å². The Morgan fingerprint density at radius 3 is 2.84 bits per heavy atom. The molecule has 2 N–H and O–H groups in total. The van der Waals surface area contributed by atoms with Gasteiger partial charge in [0.05, 0.1) is 25.3 Å². The minimum absolute atomic E-state index is 0.143. The molecule has 0 aliphatic carbocycles. The number of hydrogen-bond donors (Lipinski definition) is 2. The Hall–Kier alpha value is -2.02. The molecular weight excluding hydrogens is 252 g/mol. The summed E-state index contributed by atoms with van der Waals surface area (Å²) in [6.45, 7) is 0.486. The molecule has 0 aliphatic rings. The van der Waals surface area contributed by atoms with Crippen LogP contribution in [0.3, 0.4) is 0 Å². The lowest BCUT2D eigenvalue weighted by atomic mass is 10.2. The van der Waals surface area contributed by atoms with Gasteiger partial charge in [0, 0.05) is 20.7 Å². The van der Waals surface area contributed by atoms with Crippen molar-refractivity contribution in [2.45, 2.75) is 19.1 Å². The molecule has 7 nitrogen and oxygen atoms in total. The molecule has 1 heterocycles. The van der Waals surface area contributed by atoms with E-state index in [1.807, 2.05) is 0 Å². The third kappa shape index (κ3) is 5.43. The molecule has 0 saturated heterocycles. The number of furan rings is 1. The van der Waals surface area contributed by atoms with Crippen LogP contribution in [-0.2, 0) is 16.1 Å². The zero-order valence-corrected chi connectivity index (χ0v) is 11.0. The number of carboxylic acid groups (broad SMARTS) is 1. The smallest absolute Gasteiger partial charge is 0.317 e. The number of aliphatic carboxylic acids is 1. The van der Waals surface area contributed by atoms with Crippen LogP contribution >= 0.6 is 0 Å². The summed E-state index contributed by atoms with van der Waals surface area (Å²) < 4.78 is 10.1. The molecule has 0 saturated carbocycles. The van der Waals surface area contributed by atoms with E-state index in [4.69, 9.17) is 14.3 Å². The van der Waals surface area contributed by atoms with Crippen molar-refractivity contribution in [3.63, 3.8) is 0 Å². The third-order valence-corrected chi connectivity index (χ3v) is 2.54. The van der Waals surface area contributed by atoms with Crippen LogP contribution in [0.5, 0.6) is 0 Å². The fourth-order valence-electron chi connectivity index (χ4n) is 1.48. The molecule has 0 bridgehead atoms. The minimum Gasteiger partial charge on any atom is -0.481 e. The number of nitrogens with zero attached hydrogens (tertiary/aromatic N) is 1. The van der Waals surface area contributed by atoms with Gasteiger partial charge in [-0.05, 0) is 12.1 Å². The van der Waals surface area contributed by atoms with Gasteiger partial charge in [-0.15, -0.1) is 0 Å². The largest absolute Gasteiger partial charge is 0.481 e. The molecule has 1 rings (SSSR count). The van der Waals surface area contributed by atoms with E-state index in [0.717, 1.165) is 0 Å². The summed E-state index contributed by atoms with van der Waals surface area (Å²) in [5, 5.41) is 11.3. The molecule has 0 fully saturated rings. The summed E-state index contributed by atoms with van der Waals surface area (Å²) in [6.07, 6.45) is 0.839. The summed E-state index contributed by atoms with van der Waals surface area (Å²) in [4.78, 5) is 23.7. The molecule has 0 aliphatic heterocycles. The van der Waals surface area contributed by atoms with E-state index in [2.05, 4.69) is 5.32 Å². The minimum atomic E-state index is -0.968. The highest BCUT2D eigenvalue weighted by atomic mass is 16.5. The number of methoxy groups -OCH3 is 1. The first kappa shape index (κ1) is 15.0. The molecule has 1 atom stereocenters. The van der Waals surface area contributed by atoms with E-state index in [1.165, 1.54) is 18.3 Å². The van der Waals surface area contributed by atoms with E-state index in [1.54, 1.807) is 19.2 Å². The monoisotopic (exact) mass is 270 g/mol. The van der Waals surface area contributed by atoms with Crippen LogP contribution in [0, 0.1) is 0 Å². The summed E-state index contributed by atoms with van der Waals surface area (Å²) in [7, 11) is 3.03. The Bertz CT molecular complexity index is 404. The lowest BCUT2D eigenvalue weighted by Gasteiger charge is -2.19. The average Bonchev–Trinajstić information content (AvgIpc) is 2.86.